The van der Waals surface area contributed by atoms with Crippen LogP contribution in [0.5, 0.6) is 0 Å². The predicted molar refractivity (Wildman–Crippen MR) is 70.7 cm³/mol. The van der Waals surface area contributed by atoms with Crippen LogP contribution in [-0.2, 0) is 4.74 Å². The number of halogens is 2. The van der Waals surface area contributed by atoms with Crippen LogP contribution >= 0.6 is 0 Å². The Bertz CT molecular complexity index is 398. The number of rotatable bonds is 4. The Balaban J connectivity index is 2.16. The van der Waals surface area contributed by atoms with Crippen molar-refractivity contribution in [1.82, 2.24) is 0 Å². The molecule has 1 aromatic rings. The van der Waals surface area contributed by atoms with E-state index in [-0.39, 0.29) is 6.10 Å². The third-order valence-electron chi connectivity index (χ3n) is 4.01. The first-order valence-electron chi connectivity index (χ1n) is 6.86. The smallest absolute Gasteiger partial charge is 0.126 e. The van der Waals surface area contributed by atoms with Crippen LogP contribution in [-0.4, -0.2) is 13.2 Å². The fraction of sp³-hybridized carbons (Fsp3) is 0.600. The third-order valence-corrected chi connectivity index (χ3v) is 4.01. The van der Waals surface area contributed by atoms with Gasteiger partial charge in [-0.1, -0.05) is 19.3 Å². The summed E-state index contributed by atoms with van der Waals surface area (Å²) in [4.78, 5) is 0. The van der Waals surface area contributed by atoms with Crippen molar-refractivity contribution in [2.75, 3.05) is 7.11 Å². The van der Waals surface area contributed by atoms with Gasteiger partial charge in [-0.3, -0.25) is 0 Å². The summed E-state index contributed by atoms with van der Waals surface area (Å²) in [7, 11) is 1.62. The molecule has 0 radical (unpaired) electrons. The summed E-state index contributed by atoms with van der Waals surface area (Å²) in [5, 5.41) is 0. The Hall–Kier alpha value is -1.00. The van der Waals surface area contributed by atoms with Crippen molar-refractivity contribution in [3.05, 3.63) is 35.4 Å². The number of benzene rings is 1. The molecule has 2 rings (SSSR count). The Kier molecular flexibility index (Phi) is 4.88. The van der Waals surface area contributed by atoms with E-state index in [1.807, 2.05) is 0 Å². The summed E-state index contributed by atoms with van der Waals surface area (Å²) in [5.41, 5.74) is 6.63. The van der Waals surface area contributed by atoms with E-state index in [4.69, 9.17) is 10.5 Å². The molecule has 2 N–H and O–H groups in total. The third kappa shape index (κ3) is 3.51. The van der Waals surface area contributed by atoms with Crippen LogP contribution in [0.15, 0.2) is 18.2 Å². The number of methoxy groups -OCH3 is 1. The lowest BCUT2D eigenvalue weighted by molar-refractivity contribution is 0.0171. The Morgan fingerprint density at radius 2 is 1.68 bits per heavy atom. The van der Waals surface area contributed by atoms with Gasteiger partial charge in [0, 0.05) is 13.2 Å². The van der Waals surface area contributed by atoms with Gasteiger partial charge in [0.05, 0.1) is 12.1 Å². The second kappa shape index (κ2) is 6.44. The van der Waals surface area contributed by atoms with Gasteiger partial charge in [-0.2, -0.15) is 0 Å². The summed E-state index contributed by atoms with van der Waals surface area (Å²) in [6, 6.07) is 2.96. The number of hydrogen-bond donors (Lipinski definition) is 1. The van der Waals surface area contributed by atoms with Crippen molar-refractivity contribution in [3.8, 4) is 0 Å². The summed E-state index contributed by atoms with van der Waals surface area (Å²) >= 11 is 0. The van der Waals surface area contributed by atoms with Crippen LogP contribution in [0.3, 0.4) is 0 Å². The van der Waals surface area contributed by atoms with Crippen LogP contribution < -0.4 is 5.73 Å². The number of nitrogens with two attached hydrogens (primary N) is 1. The van der Waals surface area contributed by atoms with Crippen molar-refractivity contribution in [2.24, 2.45) is 11.7 Å². The molecule has 0 amide bonds. The first kappa shape index (κ1) is 14.4. The van der Waals surface area contributed by atoms with Crippen LogP contribution in [0.4, 0.5) is 8.78 Å². The lowest BCUT2D eigenvalue weighted by atomic mass is 9.81. The van der Waals surface area contributed by atoms with Crippen molar-refractivity contribution in [1.29, 1.82) is 0 Å². The quantitative estimate of drug-likeness (QED) is 0.907. The molecule has 1 aromatic carbocycles. The first-order valence-corrected chi connectivity index (χ1v) is 6.86. The zero-order valence-corrected chi connectivity index (χ0v) is 11.2. The highest BCUT2D eigenvalue weighted by Gasteiger charge is 2.29. The van der Waals surface area contributed by atoms with E-state index in [2.05, 4.69) is 0 Å². The molecule has 0 aromatic heterocycles. The molecule has 1 aliphatic carbocycles. The molecule has 1 fully saturated rings. The van der Waals surface area contributed by atoms with Gasteiger partial charge < -0.3 is 10.5 Å². The molecule has 2 nitrogen and oxygen atoms in total. The van der Waals surface area contributed by atoms with E-state index in [0.29, 0.717) is 11.5 Å². The largest absolute Gasteiger partial charge is 0.379 e. The molecule has 0 spiro atoms. The SMILES string of the molecule is COC(C1CCCCC1)C(N)c1cc(F)cc(F)c1. The molecule has 0 heterocycles. The summed E-state index contributed by atoms with van der Waals surface area (Å²) in [6.45, 7) is 0. The van der Waals surface area contributed by atoms with Crippen LogP contribution in [0, 0.1) is 17.6 Å². The Morgan fingerprint density at radius 1 is 1.11 bits per heavy atom. The fourth-order valence-corrected chi connectivity index (χ4v) is 3.05. The summed E-state index contributed by atoms with van der Waals surface area (Å²) < 4.78 is 32.0. The Morgan fingerprint density at radius 3 is 2.21 bits per heavy atom. The number of hydrogen-bond acceptors (Lipinski definition) is 2. The second-order valence-corrected chi connectivity index (χ2v) is 5.33. The monoisotopic (exact) mass is 269 g/mol. The minimum absolute atomic E-state index is 0.179. The average Bonchev–Trinajstić information content (AvgIpc) is 2.39. The normalized spacial score (nSPS) is 20.2. The van der Waals surface area contributed by atoms with E-state index in [1.165, 1.54) is 31.4 Å². The maximum absolute atomic E-state index is 13.3. The zero-order chi connectivity index (χ0) is 13.8. The van der Waals surface area contributed by atoms with Crippen molar-refractivity contribution in [2.45, 2.75) is 44.2 Å². The number of ether oxygens (including phenoxy) is 1. The standard InChI is InChI=1S/C15H21F2NO/c1-19-15(10-5-3-2-4-6-10)14(18)11-7-12(16)9-13(17)8-11/h7-10,14-15H,2-6,18H2,1H3. The molecule has 0 bridgehead atoms. The highest BCUT2D eigenvalue weighted by molar-refractivity contribution is 5.22. The van der Waals surface area contributed by atoms with Crippen molar-refractivity contribution < 1.29 is 13.5 Å². The van der Waals surface area contributed by atoms with Crippen molar-refractivity contribution >= 4 is 0 Å². The molecule has 0 aliphatic heterocycles. The molecule has 19 heavy (non-hydrogen) atoms. The summed E-state index contributed by atoms with van der Waals surface area (Å²) in [5.74, 6) is -0.812. The van der Waals surface area contributed by atoms with Gasteiger partial charge in [0.2, 0.25) is 0 Å². The van der Waals surface area contributed by atoms with Gasteiger partial charge in [0.25, 0.3) is 0 Å². The lowest BCUT2D eigenvalue weighted by Gasteiger charge is -2.33. The minimum atomic E-state index is -0.594. The van der Waals surface area contributed by atoms with Gasteiger partial charge in [-0.25, -0.2) is 8.78 Å². The van der Waals surface area contributed by atoms with Gasteiger partial charge in [-0.05, 0) is 36.5 Å². The van der Waals surface area contributed by atoms with Crippen LogP contribution in [0.25, 0.3) is 0 Å². The van der Waals surface area contributed by atoms with E-state index in [9.17, 15) is 8.78 Å². The van der Waals surface area contributed by atoms with E-state index >= 15 is 0 Å². The molecule has 1 saturated carbocycles. The predicted octanol–water partition coefficient (Wildman–Crippen LogP) is 3.56. The molecule has 1 aliphatic rings. The van der Waals surface area contributed by atoms with E-state index in [1.54, 1.807) is 7.11 Å². The highest BCUT2D eigenvalue weighted by atomic mass is 19.1. The average molecular weight is 269 g/mol. The fourth-order valence-electron chi connectivity index (χ4n) is 3.05. The summed E-state index contributed by atoms with van der Waals surface area (Å²) in [6.07, 6.45) is 5.57. The van der Waals surface area contributed by atoms with Crippen LogP contribution in [0.2, 0.25) is 0 Å². The highest BCUT2D eigenvalue weighted by Crippen LogP contribution is 2.33. The zero-order valence-electron chi connectivity index (χ0n) is 11.2. The van der Waals surface area contributed by atoms with E-state index in [0.717, 1.165) is 18.9 Å². The minimum Gasteiger partial charge on any atom is -0.379 e. The maximum Gasteiger partial charge on any atom is 0.126 e. The van der Waals surface area contributed by atoms with Gasteiger partial charge >= 0.3 is 0 Å². The van der Waals surface area contributed by atoms with Gasteiger partial charge in [-0.15, -0.1) is 0 Å². The molecule has 4 heteroatoms. The van der Waals surface area contributed by atoms with Crippen molar-refractivity contribution in [3.63, 3.8) is 0 Å². The molecular formula is C15H21F2NO. The molecular weight excluding hydrogens is 248 g/mol. The topological polar surface area (TPSA) is 35.2 Å². The molecule has 2 atom stereocenters. The second-order valence-electron chi connectivity index (χ2n) is 5.33. The molecule has 106 valence electrons. The molecule has 0 saturated heterocycles. The maximum atomic E-state index is 13.3. The van der Waals surface area contributed by atoms with E-state index < -0.39 is 17.7 Å². The van der Waals surface area contributed by atoms with Gasteiger partial charge in [0.15, 0.2) is 0 Å². The molecule has 2 unspecified atom stereocenters. The van der Waals surface area contributed by atoms with Gasteiger partial charge in [0.1, 0.15) is 11.6 Å². The first-order chi connectivity index (χ1) is 9.11. The van der Waals surface area contributed by atoms with Crippen LogP contribution in [0.1, 0.15) is 43.7 Å². The lowest BCUT2D eigenvalue weighted by Crippen LogP contribution is -2.36. The Labute approximate surface area is 112 Å².